The van der Waals surface area contributed by atoms with Gasteiger partial charge in [-0.05, 0) is 46.2 Å². The van der Waals surface area contributed by atoms with E-state index in [1.165, 1.54) is 0 Å². The predicted octanol–water partition coefficient (Wildman–Crippen LogP) is 3.04. The Hall–Kier alpha value is -0.140. The fraction of sp³-hybridized carbons (Fsp3) is 0.455. The SMILES string of the molecule is CC(C)(C)COS(=O)(=O)c1cccc(I)c1. The van der Waals surface area contributed by atoms with Crippen molar-refractivity contribution in [2.24, 2.45) is 5.41 Å². The minimum absolute atomic E-state index is 0.172. The second-order valence-electron chi connectivity index (χ2n) is 4.73. The average molecular weight is 354 g/mol. The Bertz CT molecular complexity index is 460. The summed E-state index contributed by atoms with van der Waals surface area (Å²) in [6.07, 6.45) is 0. The van der Waals surface area contributed by atoms with Gasteiger partial charge in [-0.3, -0.25) is 4.18 Å². The highest BCUT2D eigenvalue weighted by molar-refractivity contribution is 14.1. The van der Waals surface area contributed by atoms with Crippen molar-refractivity contribution in [2.45, 2.75) is 25.7 Å². The zero-order valence-corrected chi connectivity index (χ0v) is 12.5. The molecule has 0 bridgehead atoms. The zero-order chi connectivity index (χ0) is 12.4. The summed E-state index contributed by atoms with van der Waals surface area (Å²) in [6, 6.07) is 6.68. The molecular formula is C11H15IO3S. The quantitative estimate of drug-likeness (QED) is 0.619. The first-order valence-corrected chi connectivity index (χ1v) is 7.34. The van der Waals surface area contributed by atoms with Crippen molar-refractivity contribution in [3.05, 3.63) is 27.8 Å². The van der Waals surface area contributed by atoms with Crippen LogP contribution in [-0.2, 0) is 14.3 Å². The molecule has 0 aliphatic heterocycles. The lowest BCUT2D eigenvalue weighted by Gasteiger charge is -2.17. The van der Waals surface area contributed by atoms with Crippen LogP contribution in [0.2, 0.25) is 0 Å². The van der Waals surface area contributed by atoms with E-state index >= 15 is 0 Å². The monoisotopic (exact) mass is 354 g/mol. The molecule has 0 N–H and O–H groups in total. The third-order valence-electron chi connectivity index (χ3n) is 1.73. The van der Waals surface area contributed by atoms with Crippen molar-refractivity contribution in [1.82, 2.24) is 0 Å². The van der Waals surface area contributed by atoms with E-state index in [0.29, 0.717) is 0 Å². The molecule has 16 heavy (non-hydrogen) atoms. The van der Waals surface area contributed by atoms with Gasteiger partial charge < -0.3 is 0 Å². The van der Waals surface area contributed by atoms with Crippen LogP contribution in [0.4, 0.5) is 0 Å². The first-order chi connectivity index (χ1) is 7.21. The predicted molar refractivity (Wildman–Crippen MR) is 71.8 cm³/mol. The maximum absolute atomic E-state index is 11.8. The van der Waals surface area contributed by atoms with E-state index < -0.39 is 10.1 Å². The number of hydrogen-bond acceptors (Lipinski definition) is 3. The molecule has 1 aromatic carbocycles. The molecule has 0 saturated heterocycles. The van der Waals surface area contributed by atoms with Gasteiger partial charge in [-0.1, -0.05) is 26.8 Å². The molecule has 1 aromatic rings. The highest BCUT2D eigenvalue weighted by Crippen LogP contribution is 2.20. The Kier molecular flexibility index (Phi) is 4.36. The third-order valence-corrected chi connectivity index (χ3v) is 3.66. The van der Waals surface area contributed by atoms with E-state index in [9.17, 15) is 8.42 Å². The lowest BCUT2D eigenvalue weighted by Crippen LogP contribution is -2.18. The molecule has 1 rings (SSSR count). The van der Waals surface area contributed by atoms with Gasteiger partial charge in [0.15, 0.2) is 0 Å². The number of halogens is 1. The van der Waals surface area contributed by atoms with Crippen molar-refractivity contribution in [2.75, 3.05) is 6.61 Å². The zero-order valence-electron chi connectivity index (χ0n) is 9.53. The summed E-state index contributed by atoms with van der Waals surface area (Å²) < 4.78 is 29.5. The van der Waals surface area contributed by atoms with Crippen LogP contribution in [-0.4, -0.2) is 15.0 Å². The molecule has 0 saturated carbocycles. The molecule has 0 amide bonds. The molecule has 90 valence electrons. The number of rotatable bonds is 3. The van der Waals surface area contributed by atoms with Crippen LogP contribution >= 0.6 is 22.6 Å². The fourth-order valence-electron chi connectivity index (χ4n) is 0.945. The first-order valence-electron chi connectivity index (χ1n) is 4.86. The van der Waals surface area contributed by atoms with E-state index in [1.807, 2.05) is 26.8 Å². The first kappa shape index (κ1) is 13.9. The van der Waals surface area contributed by atoms with Crippen LogP contribution in [0, 0.1) is 8.99 Å². The Morgan fingerprint density at radius 3 is 2.44 bits per heavy atom. The van der Waals surface area contributed by atoms with Crippen molar-refractivity contribution in [3.8, 4) is 0 Å². The van der Waals surface area contributed by atoms with Gasteiger partial charge in [0.25, 0.3) is 10.1 Å². The molecule has 0 unspecified atom stereocenters. The minimum atomic E-state index is -3.62. The van der Waals surface area contributed by atoms with Gasteiger partial charge in [-0.25, -0.2) is 0 Å². The van der Waals surface area contributed by atoms with Crippen LogP contribution in [0.3, 0.4) is 0 Å². The summed E-state index contributed by atoms with van der Waals surface area (Å²) in [6.45, 7) is 5.96. The molecule has 0 heterocycles. The van der Waals surface area contributed by atoms with Gasteiger partial charge in [0, 0.05) is 3.57 Å². The van der Waals surface area contributed by atoms with Crippen molar-refractivity contribution in [1.29, 1.82) is 0 Å². The van der Waals surface area contributed by atoms with Crippen LogP contribution in [0.15, 0.2) is 29.2 Å². The summed E-state index contributed by atoms with van der Waals surface area (Å²) in [4.78, 5) is 0.212. The summed E-state index contributed by atoms with van der Waals surface area (Å²) >= 11 is 2.07. The topological polar surface area (TPSA) is 43.4 Å². The van der Waals surface area contributed by atoms with E-state index in [1.54, 1.807) is 18.2 Å². The van der Waals surface area contributed by atoms with Crippen LogP contribution < -0.4 is 0 Å². The van der Waals surface area contributed by atoms with Crippen LogP contribution in [0.25, 0.3) is 0 Å². The maximum atomic E-state index is 11.8. The molecule has 0 spiro atoms. The van der Waals surface area contributed by atoms with Crippen molar-refractivity contribution >= 4 is 32.7 Å². The largest absolute Gasteiger partial charge is 0.297 e. The summed E-state index contributed by atoms with van der Waals surface area (Å²) in [7, 11) is -3.62. The molecule has 0 radical (unpaired) electrons. The Labute approximate surface area is 110 Å². The second-order valence-corrected chi connectivity index (χ2v) is 7.60. The lowest BCUT2D eigenvalue weighted by molar-refractivity contribution is 0.203. The molecule has 0 atom stereocenters. The highest BCUT2D eigenvalue weighted by Gasteiger charge is 2.20. The molecule has 3 nitrogen and oxygen atoms in total. The maximum Gasteiger partial charge on any atom is 0.297 e. The molecule has 5 heteroatoms. The Morgan fingerprint density at radius 1 is 1.31 bits per heavy atom. The number of hydrogen-bond donors (Lipinski definition) is 0. The van der Waals surface area contributed by atoms with Crippen molar-refractivity contribution in [3.63, 3.8) is 0 Å². The molecular weight excluding hydrogens is 339 g/mol. The smallest absolute Gasteiger partial charge is 0.266 e. The van der Waals surface area contributed by atoms with Crippen LogP contribution in [0.5, 0.6) is 0 Å². The fourth-order valence-corrected chi connectivity index (χ4v) is 2.86. The summed E-state index contributed by atoms with van der Waals surface area (Å²) in [5.74, 6) is 0. The van der Waals surface area contributed by atoms with Gasteiger partial charge in [0.05, 0.1) is 11.5 Å². The molecule has 0 aliphatic carbocycles. The number of benzene rings is 1. The highest BCUT2D eigenvalue weighted by atomic mass is 127. The van der Waals surface area contributed by atoms with E-state index in [-0.39, 0.29) is 16.9 Å². The third kappa shape index (κ3) is 4.39. The standard InChI is InChI=1S/C11H15IO3S/c1-11(2,3)8-15-16(13,14)10-6-4-5-9(12)7-10/h4-7H,8H2,1-3H3. The van der Waals surface area contributed by atoms with Crippen LogP contribution in [0.1, 0.15) is 20.8 Å². The molecule has 0 fully saturated rings. The average Bonchev–Trinajstić information content (AvgIpc) is 2.14. The van der Waals surface area contributed by atoms with Gasteiger partial charge in [0.1, 0.15) is 0 Å². The van der Waals surface area contributed by atoms with Gasteiger partial charge >= 0.3 is 0 Å². The summed E-state index contributed by atoms with van der Waals surface area (Å²) in [5, 5.41) is 0. The normalized spacial score (nSPS) is 12.8. The van der Waals surface area contributed by atoms with Crippen molar-refractivity contribution < 1.29 is 12.6 Å². The van der Waals surface area contributed by atoms with E-state index in [4.69, 9.17) is 4.18 Å². The molecule has 0 aliphatic rings. The minimum Gasteiger partial charge on any atom is -0.266 e. The molecule has 0 aromatic heterocycles. The Balaban J connectivity index is 2.87. The van der Waals surface area contributed by atoms with Gasteiger partial charge in [0.2, 0.25) is 0 Å². The van der Waals surface area contributed by atoms with Gasteiger partial charge in [-0.2, -0.15) is 8.42 Å². The Morgan fingerprint density at radius 2 is 1.94 bits per heavy atom. The second kappa shape index (κ2) is 5.01. The van der Waals surface area contributed by atoms with Gasteiger partial charge in [-0.15, -0.1) is 0 Å². The van der Waals surface area contributed by atoms with E-state index in [2.05, 4.69) is 22.6 Å². The summed E-state index contributed by atoms with van der Waals surface area (Å²) in [5.41, 5.74) is -0.172. The lowest BCUT2D eigenvalue weighted by atomic mass is 9.99. The van der Waals surface area contributed by atoms with E-state index in [0.717, 1.165) is 3.57 Å².